The van der Waals surface area contributed by atoms with Crippen LogP contribution in [0.25, 0.3) is 0 Å². The second kappa shape index (κ2) is 5.58. The Hall–Kier alpha value is -0.600. The van der Waals surface area contributed by atoms with E-state index in [2.05, 4.69) is 19.2 Å². The van der Waals surface area contributed by atoms with Crippen molar-refractivity contribution in [2.24, 2.45) is 5.41 Å². The van der Waals surface area contributed by atoms with Crippen molar-refractivity contribution in [3.8, 4) is 0 Å². The maximum atomic E-state index is 13.8. The highest BCUT2D eigenvalue weighted by molar-refractivity contribution is 6.31. The molecule has 1 aliphatic carbocycles. The minimum absolute atomic E-state index is 0.165. The summed E-state index contributed by atoms with van der Waals surface area (Å²) in [6.07, 6.45) is 4.15. The number of hydrogen-bond acceptors (Lipinski definition) is 1. The Bertz CT molecular complexity index is 401. The van der Waals surface area contributed by atoms with Crippen molar-refractivity contribution < 1.29 is 4.39 Å². The summed E-state index contributed by atoms with van der Waals surface area (Å²) in [5, 5.41) is 4.05. The third-order valence-electron chi connectivity index (χ3n) is 3.99. The SMILES string of the molecule is CCNC1CCC(C)(Cc2c(F)cccc2Cl)C1. The molecule has 2 unspecified atom stereocenters. The van der Waals surface area contributed by atoms with Crippen molar-refractivity contribution in [2.45, 2.75) is 45.6 Å². The molecular weight excluding hydrogens is 249 g/mol. The van der Waals surface area contributed by atoms with Gasteiger partial charge >= 0.3 is 0 Å². The first-order valence-electron chi connectivity index (χ1n) is 6.70. The van der Waals surface area contributed by atoms with Gasteiger partial charge in [0.15, 0.2) is 0 Å². The van der Waals surface area contributed by atoms with Crippen LogP contribution in [0.1, 0.15) is 38.7 Å². The average molecular weight is 270 g/mol. The molecule has 0 saturated heterocycles. The van der Waals surface area contributed by atoms with Crippen molar-refractivity contribution in [3.63, 3.8) is 0 Å². The molecule has 1 saturated carbocycles. The van der Waals surface area contributed by atoms with E-state index in [1.807, 2.05) is 0 Å². The van der Waals surface area contributed by atoms with E-state index in [0.717, 1.165) is 25.8 Å². The number of hydrogen-bond donors (Lipinski definition) is 1. The third kappa shape index (κ3) is 3.04. The van der Waals surface area contributed by atoms with Gasteiger partial charge < -0.3 is 5.32 Å². The van der Waals surface area contributed by atoms with Crippen molar-refractivity contribution in [2.75, 3.05) is 6.54 Å². The van der Waals surface area contributed by atoms with Crippen LogP contribution < -0.4 is 5.32 Å². The monoisotopic (exact) mass is 269 g/mol. The zero-order valence-electron chi connectivity index (χ0n) is 11.1. The fraction of sp³-hybridized carbons (Fsp3) is 0.600. The molecule has 0 radical (unpaired) electrons. The summed E-state index contributed by atoms with van der Waals surface area (Å²) in [5.41, 5.74) is 0.845. The van der Waals surface area contributed by atoms with Gasteiger partial charge in [-0.3, -0.25) is 0 Å². The Kier molecular flexibility index (Phi) is 4.29. The van der Waals surface area contributed by atoms with E-state index >= 15 is 0 Å². The number of rotatable bonds is 4. The average Bonchev–Trinajstić information content (AvgIpc) is 2.67. The third-order valence-corrected chi connectivity index (χ3v) is 4.35. The van der Waals surface area contributed by atoms with Crippen molar-refractivity contribution in [1.82, 2.24) is 5.32 Å². The molecule has 2 atom stereocenters. The normalized spacial score (nSPS) is 27.7. The molecule has 0 aromatic heterocycles. The topological polar surface area (TPSA) is 12.0 Å². The van der Waals surface area contributed by atoms with E-state index < -0.39 is 0 Å². The Balaban J connectivity index is 2.09. The van der Waals surface area contributed by atoms with Crippen LogP contribution in [0.2, 0.25) is 5.02 Å². The smallest absolute Gasteiger partial charge is 0.127 e. The number of nitrogens with one attached hydrogen (secondary N) is 1. The number of halogens is 2. The summed E-state index contributed by atoms with van der Waals surface area (Å²) in [5.74, 6) is -0.171. The summed E-state index contributed by atoms with van der Waals surface area (Å²) in [7, 11) is 0. The van der Waals surface area contributed by atoms with Gasteiger partial charge in [-0.25, -0.2) is 4.39 Å². The van der Waals surface area contributed by atoms with Crippen LogP contribution in [0, 0.1) is 11.2 Å². The fourth-order valence-corrected chi connectivity index (χ4v) is 3.30. The van der Waals surface area contributed by atoms with Gasteiger partial charge in [-0.2, -0.15) is 0 Å². The van der Waals surface area contributed by atoms with Crippen molar-refractivity contribution >= 4 is 11.6 Å². The summed E-state index contributed by atoms with van der Waals surface area (Å²) in [6.45, 7) is 5.37. The van der Waals surface area contributed by atoms with Crippen LogP contribution in [0.15, 0.2) is 18.2 Å². The van der Waals surface area contributed by atoms with Crippen LogP contribution in [0.5, 0.6) is 0 Å². The summed E-state index contributed by atoms with van der Waals surface area (Å²) < 4.78 is 13.8. The summed E-state index contributed by atoms with van der Waals surface area (Å²) in [6, 6.07) is 5.52. The van der Waals surface area contributed by atoms with Crippen molar-refractivity contribution in [1.29, 1.82) is 0 Å². The van der Waals surface area contributed by atoms with Crippen LogP contribution >= 0.6 is 11.6 Å². The molecule has 0 heterocycles. The molecule has 0 spiro atoms. The first-order valence-corrected chi connectivity index (χ1v) is 7.08. The first-order chi connectivity index (χ1) is 8.54. The predicted octanol–water partition coefficient (Wildman–Crippen LogP) is 4.19. The van der Waals surface area contributed by atoms with E-state index in [0.29, 0.717) is 16.6 Å². The second-order valence-corrected chi connectivity index (χ2v) is 6.09. The standard InChI is InChI=1S/C15H21ClFN/c1-3-18-11-7-8-15(2,9-11)10-12-13(16)5-4-6-14(12)17/h4-6,11,18H,3,7-10H2,1-2H3. The zero-order chi connectivity index (χ0) is 13.2. The quantitative estimate of drug-likeness (QED) is 0.864. The maximum Gasteiger partial charge on any atom is 0.127 e. The molecular formula is C15H21ClFN. The molecule has 1 nitrogen and oxygen atoms in total. The van der Waals surface area contributed by atoms with E-state index in [9.17, 15) is 4.39 Å². The van der Waals surface area contributed by atoms with E-state index in [1.165, 1.54) is 12.5 Å². The summed E-state index contributed by atoms with van der Waals surface area (Å²) >= 11 is 6.11. The maximum absolute atomic E-state index is 13.8. The fourth-order valence-electron chi connectivity index (χ4n) is 3.07. The molecule has 3 heteroatoms. The van der Waals surface area contributed by atoms with Gasteiger partial charge in [-0.1, -0.05) is 31.5 Å². The number of benzene rings is 1. The van der Waals surface area contributed by atoms with Crippen LogP contribution in [0.4, 0.5) is 4.39 Å². The van der Waals surface area contributed by atoms with E-state index in [1.54, 1.807) is 12.1 Å². The Morgan fingerprint density at radius 1 is 1.50 bits per heavy atom. The molecule has 1 N–H and O–H groups in total. The molecule has 2 rings (SSSR count). The molecule has 100 valence electrons. The van der Waals surface area contributed by atoms with Crippen LogP contribution in [-0.2, 0) is 6.42 Å². The highest BCUT2D eigenvalue weighted by Gasteiger charge is 2.35. The van der Waals surface area contributed by atoms with Gasteiger partial charge in [0.25, 0.3) is 0 Å². The summed E-state index contributed by atoms with van der Waals surface area (Å²) in [4.78, 5) is 0. The minimum Gasteiger partial charge on any atom is -0.314 e. The predicted molar refractivity (Wildman–Crippen MR) is 74.5 cm³/mol. The first kappa shape index (κ1) is 13.8. The molecule has 1 aromatic carbocycles. The molecule has 18 heavy (non-hydrogen) atoms. The molecule has 1 aromatic rings. The molecule has 0 aliphatic heterocycles. The van der Waals surface area contributed by atoms with Gasteiger partial charge in [0, 0.05) is 16.6 Å². The Morgan fingerprint density at radius 2 is 2.28 bits per heavy atom. The van der Waals surface area contributed by atoms with Crippen LogP contribution in [-0.4, -0.2) is 12.6 Å². The highest BCUT2D eigenvalue weighted by atomic mass is 35.5. The van der Waals surface area contributed by atoms with Gasteiger partial charge in [-0.05, 0) is 49.8 Å². The van der Waals surface area contributed by atoms with E-state index in [4.69, 9.17) is 11.6 Å². The second-order valence-electron chi connectivity index (χ2n) is 5.69. The van der Waals surface area contributed by atoms with E-state index in [-0.39, 0.29) is 11.2 Å². The molecule has 0 amide bonds. The lowest BCUT2D eigenvalue weighted by Crippen LogP contribution is -2.28. The highest BCUT2D eigenvalue weighted by Crippen LogP contribution is 2.42. The Morgan fingerprint density at radius 3 is 2.94 bits per heavy atom. The minimum atomic E-state index is -0.171. The molecule has 1 aliphatic rings. The van der Waals surface area contributed by atoms with Crippen molar-refractivity contribution in [3.05, 3.63) is 34.6 Å². The molecule has 0 bridgehead atoms. The molecule has 1 fully saturated rings. The van der Waals surface area contributed by atoms with Gasteiger partial charge in [0.05, 0.1) is 0 Å². The van der Waals surface area contributed by atoms with Gasteiger partial charge in [0.2, 0.25) is 0 Å². The van der Waals surface area contributed by atoms with Gasteiger partial charge in [-0.15, -0.1) is 0 Å². The largest absolute Gasteiger partial charge is 0.314 e. The Labute approximate surface area is 114 Å². The lowest BCUT2D eigenvalue weighted by Gasteiger charge is -2.25. The zero-order valence-corrected chi connectivity index (χ0v) is 11.9. The van der Waals surface area contributed by atoms with Gasteiger partial charge in [0.1, 0.15) is 5.82 Å². The lowest BCUT2D eigenvalue weighted by atomic mass is 9.82. The lowest BCUT2D eigenvalue weighted by molar-refractivity contribution is 0.318. The van der Waals surface area contributed by atoms with Crippen LogP contribution in [0.3, 0.4) is 0 Å².